The summed E-state index contributed by atoms with van der Waals surface area (Å²) in [5.74, 6) is -2.42. The molecule has 2 heterocycles. The first-order chi connectivity index (χ1) is 29.3. The van der Waals surface area contributed by atoms with Gasteiger partial charge in [-0.3, -0.25) is 43.2 Å². The summed E-state index contributed by atoms with van der Waals surface area (Å²) in [6.07, 6.45) is 0.426. The van der Waals surface area contributed by atoms with Crippen LogP contribution in [0.5, 0.6) is 0 Å². The van der Waals surface area contributed by atoms with E-state index < -0.39 is 97.3 Å². The molecule has 0 spiro atoms. The number of benzene rings is 1. The minimum Gasteiger partial charge on any atom is -0.379 e. The summed E-state index contributed by atoms with van der Waals surface area (Å²) in [6.45, 7) is 7.32. The van der Waals surface area contributed by atoms with E-state index in [9.17, 15) is 43.2 Å². The minimum absolute atomic E-state index is 0.183. The first-order valence-electron chi connectivity index (χ1n) is 20.6. The second-order valence-corrected chi connectivity index (χ2v) is 17.8. The van der Waals surface area contributed by atoms with Crippen molar-refractivity contribution in [2.24, 2.45) is 0 Å². The lowest BCUT2D eigenvalue weighted by atomic mass is 10.1. The molecule has 19 nitrogen and oxygen atoms in total. The molecule has 2 aliphatic heterocycles. The number of carbonyl (C=O) groups excluding carboxylic acids is 9. The van der Waals surface area contributed by atoms with Crippen molar-refractivity contribution < 1.29 is 47.9 Å². The van der Waals surface area contributed by atoms with Gasteiger partial charge in [-0.1, -0.05) is 23.8 Å². The molecule has 2 aliphatic rings. The van der Waals surface area contributed by atoms with Crippen molar-refractivity contribution in [2.75, 3.05) is 65.4 Å². The van der Waals surface area contributed by atoms with Gasteiger partial charge in [-0.05, 0) is 58.6 Å². The lowest BCUT2D eigenvalue weighted by molar-refractivity contribution is -0.142. The highest BCUT2D eigenvalue weighted by Crippen LogP contribution is 2.21. The normalized spacial score (nSPS) is 25.6. The van der Waals surface area contributed by atoms with E-state index in [0.29, 0.717) is 43.2 Å². The summed E-state index contributed by atoms with van der Waals surface area (Å²) < 4.78 is 5.34. The van der Waals surface area contributed by atoms with E-state index in [2.05, 4.69) is 50.1 Å². The molecular weight excluding hydrogens is 843 g/mol. The van der Waals surface area contributed by atoms with Crippen molar-refractivity contribution in [1.82, 2.24) is 46.6 Å². The molecule has 21 heteroatoms. The van der Waals surface area contributed by atoms with Crippen molar-refractivity contribution in [3.63, 3.8) is 0 Å². The zero-order valence-electron chi connectivity index (χ0n) is 36.9. The van der Waals surface area contributed by atoms with Gasteiger partial charge in [0.2, 0.25) is 53.2 Å². The van der Waals surface area contributed by atoms with Gasteiger partial charge in [0.1, 0.15) is 30.2 Å². The van der Waals surface area contributed by atoms with Gasteiger partial charge in [0, 0.05) is 63.7 Å². The van der Waals surface area contributed by atoms with E-state index in [1.165, 1.54) is 46.9 Å². The average Bonchev–Trinajstić information content (AvgIpc) is 3.72. The van der Waals surface area contributed by atoms with Gasteiger partial charge in [0.05, 0.1) is 25.7 Å². The Morgan fingerprint density at radius 1 is 0.677 bits per heavy atom. The molecule has 3 rings (SSSR count). The second kappa shape index (κ2) is 25.3. The molecule has 1 aromatic carbocycles. The number of hydrogen-bond donors (Lipinski definition) is 6. The molecule has 6 N–H and O–H groups in total. The van der Waals surface area contributed by atoms with E-state index in [0.717, 1.165) is 32.2 Å². The van der Waals surface area contributed by atoms with Gasteiger partial charge in [0.25, 0.3) is 0 Å². The van der Waals surface area contributed by atoms with E-state index >= 15 is 0 Å². The molecule has 6 atom stereocenters. The van der Waals surface area contributed by atoms with Crippen LogP contribution in [0.4, 0.5) is 0 Å². The predicted octanol–water partition coefficient (Wildman–Crippen LogP) is -0.961. The number of likely N-dealkylation sites (N-methyl/N-ethyl adjacent to an activating group) is 2. The van der Waals surface area contributed by atoms with Gasteiger partial charge in [-0.2, -0.15) is 23.5 Å². The van der Waals surface area contributed by atoms with Gasteiger partial charge < -0.3 is 51.3 Å². The highest BCUT2D eigenvalue weighted by Gasteiger charge is 2.38. The van der Waals surface area contributed by atoms with E-state index in [1.807, 2.05) is 6.92 Å². The minimum atomic E-state index is -1.26. The first kappa shape index (κ1) is 51.5. The molecule has 0 aromatic heterocycles. The van der Waals surface area contributed by atoms with E-state index in [4.69, 9.17) is 4.74 Å². The Balaban J connectivity index is 1.71. The Kier molecular flexibility index (Phi) is 21.0. The Hall–Kier alpha value is -4.89. The van der Waals surface area contributed by atoms with Crippen molar-refractivity contribution in [3.8, 4) is 0 Å². The zero-order chi connectivity index (χ0) is 46.1. The lowest BCUT2D eigenvalue weighted by Crippen LogP contribution is -2.59. The van der Waals surface area contributed by atoms with Gasteiger partial charge in [-0.15, -0.1) is 0 Å². The highest BCUT2D eigenvalue weighted by atomic mass is 32.2. The largest absolute Gasteiger partial charge is 0.379 e. The summed E-state index contributed by atoms with van der Waals surface area (Å²) in [5, 5.41) is 15.7. The van der Waals surface area contributed by atoms with Crippen LogP contribution in [-0.2, 0) is 59.4 Å². The molecule has 0 aliphatic carbocycles. The number of ether oxygens (including phenoxy) is 1. The van der Waals surface area contributed by atoms with Gasteiger partial charge in [-0.25, -0.2) is 0 Å². The number of rotatable bonds is 2. The summed E-state index contributed by atoms with van der Waals surface area (Å²) in [4.78, 5) is 121. The predicted molar refractivity (Wildman–Crippen MR) is 235 cm³/mol. The Morgan fingerprint density at radius 3 is 1.85 bits per heavy atom. The zero-order valence-corrected chi connectivity index (χ0v) is 38.6. The van der Waals surface area contributed by atoms with E-state index in [-0.39, 0.29) is 18.2 Å². The third kappa shape index (κ3) is 16.4. The molecule has 2 bridgehead atoms. The SMILES string of the molecule is CO[C@H](C)[C@@H]1NC(=O)CN(C)C(=O)[C@H](C)NC(=O)CNC(=O)CN(C)C(=O)[C@H](C)NC(=O)CCSCc2cc(C)cc(c2)CSCCNC(=O)C2CCCN2C(=O)[C@H](C)NC1=O. The molecule has 0 saturated carbocycles. The first-order valence-corrected chi connectivity index (χ1v) is 22.9. The monoisotopic (exact) mass is 905 g/mol. The maximum absolute atomic E-state index is 13.6. The number of hydrogen-bond acceptors (Lipinski definition) is 12. The summed E-state index contributed by atoms with van der Waals surface area (Å²) in [7, 11) is 4.07. The van der Waals surface area contributed by atoms with Crippen LogP contribution in [0.2, 0.25) is 0 Å². The number of fused-ring (bicyclic) bond motifs is 3. The van der Waals surface area contributed by atoms with Crippen molar-refractivity contribution in [3.05, 3.63) is 34.9 Å². The van der Waals surface area contributed by atoms with Gasteiger partial charge >= 0.3 is 0 Å². The Morgan fingerprint density at radius 2 is 1.24 bits per heavy atom. The van der Waals surface area contributed by atoms with Crippen molar-refractivity contribution in [1.29, 1.82) is 0 Å². The molecule has 1 fully saturated rings. The molecule has 1 saturated heterocycles. The molecule has 1 aromatic rings. The van der Waals surface area contributed by atoms with Crippen LogP contribution in [-0.4, -0.2) is 170 Å². The number of thioether (sulfide) groups is 2. The topological polar surface area (TPSA) is 245 Å². The van der Waals surface area contributed by atoms with Crippen LogP contribution in [0.25, 0.3) is 0 Å². The van der Waals surface area contributed by atoms with Crippen molar-refractivity contribution in [2.45, 2.75) is 102 Å². The van der Waals surface area contributed by atoms with Crippen LogP contribution < -0.4 is 31.9 Å². The number of amides is 9. The molecule has 9 amide bonds. The Bertz CT molecular complexity index is 1800. The van der Waals surface area contributed by atoms with Crippen LogP contribution >= 0.6 is 23.5 Å². The van der Waals surface area contributed by atoms with Crippen molar-refractivity contribution >= 4 is 76.7 Å². The fraction of sp³-hybridized carbons (Fsp3) is 0.634. The molecule has 1 unspecified atom stereocenters. The van der Waals surface area contributed by atoms with Crippen LogP contribution in [0.3, 0.4) is 0 Å². The van der Waals surface area contributed by atoms with E-state index in [1.54, 1.807) is 30.4 Å². The molecule has 0 radical (unpaired) electrons. The summed E-state index contributed by atoms with van der Waals surface area (Å²) in [5.41, 5.74) is 3.34. The van der Waals surface area contributed by atoms with Crippen LogP contribution in [0.1, 0.15) is 63.6 Å². The fourth-order valence-electron chi connectivity index (χ4n) is 6.90. The number of nitrogens with zero attached hydrogens (tertiary/aromatic N) is 3. The number of methoxy groups -OCH3 is 1. The fourth-order valence-corrected chi connectivity index (χ4v) is 8.57. The molecule has 62 heavy (non-hydrogen) atoms. The quantitative estimate of drug-likeness (QED) is 0.210. The number of carbonyl (C=O) groups is 9. The highest BCUT2D eigenvalue weighted by molar-refractivity contribution is 7.98. The molecule has 344 valence electrons. The third-order valence-electron chi connectivity index (χ3n) is 10.2. The number of aryl methyl sites for hydroxylation is 1. The maximum Gasteiger partial charge on any atom is 0.245 e. The molecular formula is C41H63N9O10S2. The van der Waals surface area contributed by atoms with Crippen LogP contribution in [0.15, 0.2) is 18.2 Å². The third-order valence-corrected chi connectivity index (χ3v) is 12.3. The summed E-state index contributed by atoms with van der Waals surface area (Å²) in [6, 6.07) is 1.31. The smallest absolute Gasteiger partial charge is 0.245 e. The summed E-state index contributed by atoms with van der Waals surface area (Å²) >= 11 is 3.25. The number of nitrogens with one attached hydrogen (secondary N) is 6. The maximum atomic E-state index is 13.6. The Labute approximate surface area is 372 Å². The standard InChI is InChI=1S/C41H63N9O10S2/c1-24-16-29-18-30(17-24)23-62-15-12-42-37(55)31-10-9-13-50(31)41(59)27(4)46-38(56)36(28(5)60-8)47-35(54)21-49(7)40(58)26(3)45-33(52)19-43-34(53)20-48(6)39(57)25(2)44-32(51)11-14-61-22-29/h16-18,25-28,31,36H,9-15,19-23H2,1-8H3,(H,42,55)(H,43,53)(H,44,51)(H,45,52)(H,46,56)(H,47,54)/t25-,26-,27-,28+,31?,36-/m0/s1. The van der Waals surface area contributed by atoms with Gasteiger partial charge in [0.15, 0.2) is 0 Å². The van der Waals surface area contributed by atoms with Crippen LogP contribution in [0, 0.1) is 6.92 Å². The average molecular weight is 906 g/mol. The second-order valence-electron chi connectivity index (χ2n) is 15.6. The lowest BCUT2D eigenvalue weighted by Gasteiger charge is -2.29.